The summed E-state index contributed by atoms with van der Waals surface area (Å²) >= 11 is 0. The minimum atomic E-state index is -0.309. The van der Waals surface area contributed by atoms with E-state index in [2.05, 4.69) is 13.8 Å². The van der Waals surface area contributed by atoms with Crippen molar-refractivity contribution in [2.45, 2.75) is 77.4 Å². The Morgan fingerprint density at radius 2 is 1.65 bits per heavy atom. The first-order valence-electron chi connectivity index (χ1n) is 9.87. The smallest absolute Gasteiger partial charge is 0.0596 e. The molecule has 0 saturated heterocycles. The van der Waals surface area contributed by atoms with Gasteiger partial charge in [-0.25, -0.2) is 0 Å². The molecule has 0 aromatic heterocycles. The Balaban J connectivity index is 1.62. The molecule has 4 fully saturated rings. The molecule has 0 radical (unpaired) electrons. The van der Waals surface area contributed by atoms with Crippen LogP contribution >= 0.6 is 0 Å². The van der Waals surface area contributed by atoms with Crippen LogP contribution in [-0.4, -0.2) is 34.1 Å². The Hall–Kier alpha value is -0.120. The van der Waals surface area contributed by atoms with Gasteiger partial charge in [0.15, 0.2) is 0 Å². The van der Waals surface area contributed by atoms with Crippen LogP contribution < -0.4 is 0 Å². The van der Waals surface area contributed by atoms with E-state index < -0.39 is 0 Å². The molecule has 3 nitrogen and oxygen atoms in total. The minimum Gasteiger partial charge on any atom is -0.396 e. The van der Waals surface area contributed by atoms with E-state index in [1.165, 1.54) is 25.7 Å². The highest BCUT2D eigenvalue weighted by Gasteiger charge is 2.60. The lowest BCUT2D eigenvalue weighted by molar-refractivity contribution is -0.152. The zero-order valence-corrected chi connectivity index (χ0v) is 14.7. The standard InChI is InChI=1S/C20H34O3/c1-19-8-7-16-14(15(19)5-6-18(19)23)4-3-13-9-17(22)12(11-21)10-20(13,16)2/h12-18,21-23H,3-11H2,1-2H3. The van der Waals surface area contributed by atoms with Crippen LogP contribution in [0.1, 0.15) is 65.2 Å². The van der Waals surface area contributed by atoms with Crippen LogP contribution in [-0.2, 0) is 0 Å². The molecule has 0 bridgehead atoms. The van der Waals surface area contributed by atoms with Crippen molar-refractivity contribution in [3.63, 3.8) is 0 Å². The molecule has 0 spiro atoms. The van der Waals surface area contributed by atoms with Crippen molar-refractivity contribution in [1.82, 2.24) is 0 Å². The highest BCUT2D eigenvalue weighted by atomic mass is 16.3. The van der Waals surface area contributed by atoms with Crippen LogP contribution in [0.2, 0.25) is 0 Å². The zero-order chi connectivity index (χ0) is 16.4. The normalized spacial score (nSPS) is 59.1. The van der Waals surface area contributed by atoms with Gasteiger partial charge in [0, 0.05) is 12.5 Å². The fourth-order valence-electron chi connectivity index (χ4n) is 7.58. The predicted octanol–water partition coefficient (Wildman–Crippen LogP) is 2.97. The van der Waals surface area contributed by atoms with E-state index in [1.807, 2.05) is 0 Å². The third-order valence-corrected chi connectivity index (χ3v) is 9.02. The molecule has 4 saturated carbocycles. The molecule has 0 heterocycles. The van der Waals surface area contributed by atoms with Gasteiger partial charge in [0.25, 0.3) is 0 Å². The Labute approximate surface area is 140 Å². The van der Waals surface area contributed by atoms with E-state index in [-0.39, 0.29) is 35.6 Å². The van der Waals surface area contributed by atoms with Crippen LogP contribution in [0.5, 0.6) is 0 Å². The quantitative estimate of drug-likeness (QED) is 0.695. The summed E-state index contributed by atoms with van der Waals surface area (Å²) < 4.78 is 0. The number of aliphatic hydroxyl groups excluding tert-OH is 3. The summed E-state index contributed by atoms with van der Waals surface area (Å²) in [5.41, 5.74) is 0.430. The van der Waals surface area contributed by atoms with E-state index in [1.54, 1.807) is 0 Å². The van der Waals surface area contributed by atoms with Gasteiger partial charge in [0.1, 0.15) is 0 Å². The Kier molecular flexibility index (Phi) is 3.87. The number of aliphatic hydroxyl groups is 3. The largest absolute Gasteiger partial charge is 0.396 e. The van der Waals surface area contributed by atoms with Crippen LogP contribution in [0, 0.1) is 40.4 Å². The maximum absolute atomic E-state index is 10.5. The van der Waals surface area contributed by atoms with E-state index in [0.717, 1.165) is 37.5 Å². The van der Waals surface area contributed by atoms with Crippen molar-refractivity contribution >= 4 is 0 Å². The highest BCUT2D eigenvalue weighted by Crippen LogP contribution is 2.66. The molecule has 9 unspecified atom stereocenters. The monoisotopic (exact) mass is 322 g/mol. The number of fused-ring (bicyclic) bond motifs is 5. The second kappa shape index (κ2) is 5.44. The first-order valence-corrected chi connectivity index (χ1v) is 9.87. The molecule has 9 atom stereocenters. The minimum absolute atomic E-state index is 0.0671. The van der Waals surface area contributed by atoms with E-state index >= 15 is 0 Å². The van der Waals surface area contributed by atoms with Gasteiger partial charge in [-0.3, -0.25) is 0 Å². The number of rotatable bonds is 1. The fourth-order valence-corrected chi connectivity index (χ4v) is 7.58. The molecule has 0 aliphatic heterocycles. The van der Waals surface area contributed by atoms with Gasteiger partial charge in [-0.05, 0) is 85.9 Å². The molecule has 3 heteroatoms. The second-order valence-electron chi connectivity index (χ2n) is 9.74. The summed E-state index contributed by atoms with van der Waals surface area (Å²) in [6, 6.07) is 0. The predicted molar refractivity (Wildman–Crippen MR) is 89.7 cm³/mol. The van der Waals surface area contributed by atoms with Crippen molar-refractivity contribution in [2.24, 2.45) is 40.4 Å². The third-order valence-electron chi connectivity index (χ3n) is 9.02. The average molecular weight is 322 g/mol. The first-order chi connectivity index (χ1) is 10.9. The van der Waals surface area contributed by atoms with Crippen LogP contribution in [0.4, 0.5) is 0 Å². The van der Waals surface area contributed by atoms with Gasteiger partial charge in [-0.2, -0.15) is 0 Å². The van der Waals surface area contributed by atoms with Gasteiger partial charge in [-0.15, -0.1) is 0 Å². The number of hydrogen-bond acceptors (Lipinski definition) is 3. The van der Waals surface area contributed by atoms with Crippen LogP contribution in [0.25, 0.3) is 0 Å². The molecule has 4 rings (SSSR count). The van der Waals surface area contributed by atoms with Crippen LogP contribution in [0.15, 0.2) is 0 Å². The lowest BCUT2D eigenvalue weighted by Gasteiger charge is -2.61. The lowest BCUT2D eigenvalue weighted by atomic mass is 9.44. The maximum atomic E-state index is 10.5. The summed E-state index contributed by atoms with van der Waals surface area (Å²) in [4.78, 5) is 0. The van der Waals surface area contributed by atoms with Crippen molar-refractivity contribution in [3.05, 3.63) is 0 Å². The summed E-state index contributed by atoms with van der Waals surface area (Å²) in [7, 11) is 0. The van der Waals surface area contributed by atoms with E-state index in [0.29, 0.717) is 11.8 Å². The van der Waals surface area contributed by atoms with Crippen molar-refractivity contribution < 1.29 is 15.3 Å². The van der Waals surface area contributed by atoms with Crippen molar-refractivity contribution in [3.8, 4) is 0 Å². The summed E-state index contributed by atoms with van der Waals surface area (Å²) in [6.45, 7) is 4.92. The van der Waals surface area contributed by atoms with Gasteiger partial charge in [-0.1, -0.05) is 13.8 Å². The molecular formula is C20H34O3. The van der Waals surface area contributed by atoms with Gasteiger partial charge < -0.3 is 15.3 Å². The summed E-state index contributed by atoms with van der Waals surface area (Å²) in [6.07, 6.45) is 8.56. The van der Waals surface area contributed by atoms with Crippen LogP contribution in [0.3, 0.4) is 0 Å². The summed E-state index contributed by atoms with van der Waals surface area (Å²) in [5.74, 6) is 2.86. The Morgan fingerprint density at radius 3 is 2.39 bits per heavy atom. The van der Waals surface area contributed by atoms with Gasteiger partial charge in [0.2, 0.25) is 0 Å². The zero-order valence-electron chi connectivity index (χ0n) is 14.7. The van der Waals surface area contributed by atoms with E-state index in [4.69, 9.17) is 0 Å². The second-order valence-corrected chi connectivity index (χ2v) is 9.74. The Bertz CT molecular complexity index is 466. The number of hydrogen-bond donors (Lipinski definition) is 3. The van der Waals surface area contributed by atoms with Crippen molar-refractivity contribution in [2.75, 3.05) is 6.61 Å². The maximum Gasteiger partial charge on any atom is 0.0596 e. The topological polar surface area (TPSA) is 60.7 Å². The first kappa shape index (κ1) is 16.4. The highest BCUT2D eigenvalue weighted by molar-refractivity contribution is 5.10. The van der Waals surface area contributed by atoms with E-state index in [9.17, 15) is 15.3 Å². The molecule has 3 N–H and O–H groups in total. The molecule has 4 aliphatic rings. The molecule has 0 aromatic rings. The van der Waals surface area contributed by atoms with Gasteiger partial charge >= 0.3 is 0 Å². The molecule has 0 aromatic carbocycles. The van der Waals surface area contributed by atoms with Crippen molar-refractivity contribution in [1.29, 1.82) is 0 Å². The Morgan fingerprint density at radius 1 is 0.913 bits per heavy atom. The average Bonchev–Trinajstić information content (AvgIpc) is 2.83. The SMILES string of the molecule is CC12CCC3C(CCC4CC(O)C(CO)CC43C)C1CCC2O. The summed E-state index contributed by atoms with van der Waals surface area (Å²) in [5, 5.41) is 30.6. The molecule has 132 valence electrons. The third kappa shape index (κ3) is 2.19. The molecule has 4 aliphatic carbocycles. The molecule has 23 heavy (non-hydrogen) atoms. The molecule has 0 amide bonds. The fraction of sp³-hybridized carbons (Fsp3) is 1.00. The molecular weight excluding hydrogens is 288 g/mol. The lowest BCUT2D eigenvalue weighted by Crippen LogP contribution is -2.56. The van der Waals surface area contributed by atoms with Gasteiger partial charge in [0.05, 0.1) is 12.2 Å².